The van der Waals surface area contributed by atoms with Gasteiger partial charge in [0.15, 0.2) is 11.5 Å². The molecule has 4 N–H and O–H groups in total. The molecule has 45 heavy (non-hydrogen) atoms. The lowest BCUT2D eigenvalue weighted by atomic mass is 10.1. The first kappa shape index (κ1) is 31.4. The summed E-state index contributed by atoms with van der Waals surface area (Å²) in [6.07, 6.45) is 0. The molecule has 0 atom stereocenters. The molecule has 0 aliphatic heterocycles. The molecule has 0 aliphatic rings. The minimum absolute atomic E-state index is 0.213. The third-order valence-electron chi connectivity index (χ3n) is 6.74. The van der Waals surface area contributed by atoms with Gasteiger partial charge in [-0.15, -0.1) is 11.3 Å². The first-order chi connectivity index (χ1) is 21.7. The number of nitrogens with two attached hydrogens (primary N) is 1. The van der Waals surface area contributed by atoms with Crippen molar-refractivity contribution < 1.29 is 19.0 Å². The fourth-order valence-corrected chi connectivity index (χ4v) is 6.40. The number of thiazole rings is 1. The summed E-state index contributed by atoms with van der Waals surface area (Å²) in [6.45, 7) is 7.96. The quantitative estimate of drug-likeness (QED) is 0.132. The van der Waals surface area contributed by atoms with Gasteiger partial charge in [-0.2, -0.15) is 0 Å². The number of allylic oxidation sites excluding steroid dienone is 1. The molecule has 0 spiro atoms. The number of anilines is 2. The van der Waals surface area contributed by atoms with Gasteiger partial charge < -0.3 is 30.6 Å². The van der Waals surface area contributed by atoms with Crippen LogP contribution in [-0.4, -0.2) is 37.2 Å². The Morgan fingerprint density at radius 2 is 1.67 bits per heavy atom. The third-order valence-corrected chi connectivity index (χ3v) is 8.79. The summed E-state index contributed by atoms with van der Waals surface area (Å²) in [5.41, 5.74) is 12.2. The average molecular weight is 640 g/mol. The summed E-state index contributed by atoms with van der Waals surface area (Å²) >= 11 is 2.84. The molecule has 2 heterocycles. The highest BCUT2D eigenvalue weighted by Crippen LogP contribution is 2.42. The van der Waals surface area contributed by atoms with E-state index in [2.05, 4.69) is 22.2 Å². The lowest BCUT2D eigenvalue weighted by Crippen LogP contribution is -2.11. The van der Waals surface area contributed by atoms with E-state index in [9.17, 15) is 4.79 Å². The molecule has 9 nitrogen and oxygen atoms in total. The molecule has 230 valence electrons. The van der Waals surface area contributed by atoms with E-state index in [0.717, 1.165) is 37.8 Å². The zero-order valence-electron chi connectivity index (χ0n) is 25.6. The largest absolute Gasteiger partial charge is 0.493 e. The number of ether oxygens (including phenoxy) is 3. The summed E-state index contributed by atoms with van der Waals surface area (Å²) in [6, 6.07) is 20.6. The minimum atomic E-state index is -0.213. The van der Waals surface area contributed by atoms with Crippen molar-refractivity contribution in [3.05, 3.63) is 106 Å². The van der Waals surface area contributed by atoms with Crippen molar-refractivity contribution in [2.75, 3.05) is 32.0 Å². The van der Waals surface area contributed by atoms with E-state index < -0.39 is 0 Å². The topological polar surface area (TPSA) is 121 Å². The fourth-order valence-electron chi connectivity index (χ4n) is 4.59. The van der Waals surface area contributed by atoms with Gasteiger partial charge in [-0.3, -0.25) is 9.78 Å². The Morgan fingerprint density at radius 3 is 2.36 bits per heavy atom. The highest BCUT2D eigenvalue weighted by molar-refractivity contribution is 8.12. The Hall–Kier alpha value is -5.00. The Kier molecular flexibility index (Phi) is 9.60. The van der Waals surface area contributed by atoms with E-state index >= 15 is 0 Å². The first-order valence-corrected chi connectivity index (χ1v) is 15.5. The predicted octanol–water partition coefficient (Wildman–Crippen LogP) is 7.91. The van der Waals surface area contributed by atoms with Gasteiger partial charge in [0, 0.05) is 56.8 Å². The van der Waals surface area contributed by atoms with Gasteiger partial charge in [-0.05, 0) is 50.2 Å². The molecule has 0 aliphatic carbocycles. The molecule has 1 amide bonds. The molecule has 0 unspecified atom stereocenters. The van der Waals surface area contributed by atoms with Crippen LogP contribution in [0.15, 0.2) is 89.4 Å². The van der Waals surface area contributed by atoms with E-state index in [1.807, 2.05) is 67.8 Å². The van der Waals surface area contributed by atoms with Crippen LogP contribution in [0.25, 0.3) is 27.1 Å². The lowest BCUT2D eigenvalue weighted by molar-refractivity contribution is 0.102. The molecule has 0 saturated carbocycles. The van der Waals surface area contributed by atoms with Crippen molar-refractivity contribution in [3.8, 4) is 28.5 Å². The number of thioether (sulfide) groups is 1. The summed E-state index contributed by atoms with van der Waals surface area (Å²) in [5.74, 6) is 1.33. The van der Waals surface area contributed by atoms with Gasteiger partial charge in [0.25, 0.3) is 5.91 Å². The Morgan fingerprint density at radius 1 is 0.911 bits per heavy atom. The maximum atomic E-state index is 13.2. The SMILES string of the molecule is C=C(Nc1cc(OC)c(OC)c(OC)c1)S/C(=C(\C)N)c1nc(-c2cccc(C(=O)Nc3ccc4nc(C)ccc4c3)c2)cs1. The summed E-state index contributed by atoms with van der Waals surface area (Å²) in [4.78, 5) is 23.3. The van der Waals surface area contributed by atoms with Crippen molar-refractivity contribution in [1.82, 2.24) is 9.97 Å². The number of pyridine rings is 1. The van der Waals surface area contributed by atoms with Gasteiger partial charge in [0.2, 0.25) is 5.75 Å². The number of aryl methyl sites for hydroxylation is 1. The smallest absolute Gasteiger partial charge is 0.255 e. The van der Waals surface area contributed by atoms with E-state index in [4.69, 9.17) is 24.9 Å². The van der Waals surface area contributed by atoms with Crippen LogP contribution in [-0.2, 0) is 0 Å². The molecule has 0 fully saturated rings. The molecule has 2 aromatic heterocycles. The zero-order valence-corrected chi connectivity index (χ0v) is 27.2. The van der Waals surface area contributed by atoms with E-state index in [-0.39, 0.29) is 5.91 Å². The molecule has 0 bridgehead atoms. The monoisotopic (exact) mass is 639 g/mol. The third kappa shape index (κ3) is 7.22. The predicted molar refractivity (Wildman–Crippen MR) is 185 cm³/mol. The van der Waals surface area contributed by atoms with Crippen LogP contribution in [0, 0.1) is 6.92 Å². The van der Waals surface area contributed by atoms with Crippen LogP contribution in [0.3, 0.4) is 0 Å². The van der Waals surface area contributed by atoms with Crippen molar-refractivity contribution in [1.29, 1.82) is 0 Å². The fraction of sp³-hybridized carbons (Fsp3) is 0.147. The van der Waals surface area contributed by atoms with Crippen molar-refractivity contribution in [2.24, 2.45) is 5.73 Å². The highest BCUT2D eigenvalue weighted by atomic mass is 32.2. The number of fused-ring (bicyclic) bond motifs is 1. The van der Waals surface area contributed by atoms with Gasteiger partial charge in [-0.1, -0.05) is 36.5 Å². The van der Waals surface area contributed by atoms with Crippen LogP contribution in [0.5, 0.6) is 17.2 Å². The first-order valence-electron chi connectivity index (χ1n) is 13.8. The standard InChI is InChI=1S/C34H33N5O4S2/c1-19-10-11-23-15-25(12-13-27(23)36-19)38-33(40)24-9-7-8-22(14-24)28-18-44-34(39-28)32(20(2)35)45-21(3)37-26-16-29(41-4)31(43-6)30(17-26)42-5/h7-18,37H,3,35H2,1-2,4-6H3,(H,38,40)/b32-20+. The van der Waals surface area contributed by atoms with E-state index in [1.54, 1.807) is 39.5 Å². The van der Waals surface area contributed by atoms with Crippen LogP contribution in [0.2, 0.25) is 0 Å². The Bertz CT molecular complexity index is 1910. The van der Waals surface area contributed by atoms with Crippen molar-refractivity contribution >= 4 is 56.2 Å². The average Bonchev–Trinajstić information content (AvgIpc) is 3.53. The molecular formula is C34H33N5O4S2. The van der Waals surface area contributed by atoms with E-state index in [1.165, 1.54) is 23.1 Å². The normalized spacial score (nSPS) is 11.5. The molecule has 5 aromatic rings. The number of carbonyl (C=O) groups excluding carboxylic acids is 1. The number of carbonyl (C=O) groups is 1. The Balaban J connectivity index is 1.31. The summed E-state index contributed by atoms with van der Waals surface area (Å²) in [7, 11) is 4.69. The lowest BCUT2D eigenvalue weighted by Gasteiger charge is -2.16. The second-order valence-corrected chi connectivity index (χ2v) is 12.0. The Labute approximate surface area is 270 Å². The number of hydrogen-bond donors (Lipinski definition) is 3. The summed E-state index contributed by atoms with van der Waals surface area (Å²) in [5, 5.41) is 10.5. The van der Waals surface area contributed by atoms with E-state index in [0.29, 0.717) is 44.9 Å². The molecule has 0 saturated heterocycles. The van der Waals surface area contributed by atoms with Gasteiger partial charge >= 0.3 is 0 Å². The van der Waals surface area contributed by atoms with Crippen LogP contribution in [0.1, 0.15) is 28.0 Å². The van der Waals surface area contributed by atoms with Crippen molar-refractivity contribution in [3.63, 3.8) is 0 Å². The number of aromatic nitrogens is 2. The van der Waals surface area contributed by atoms with Crippen LogP contribution >= 0.6 is 23.1 Å². The number of rotatable bonds is 11. The zero-order chi connectivity index (χ0) is 32.1. The number of nitrogens with zero attached hydrogens (tertiary/aromatic N) is 2. The van der Waals surface area contributed by atoms with Crippen molar-refractivity contribution in [2.45, 2.75) is 13.8 Å². The van der Waals surface area contributed by atoms with Crippen LogP contribution < -0.4 is 30.6 Å². The number of amides is 1. The van der Waals surface area contributed by atoms with Crippen LogP contribution in [0.4, 0.5) is 11.4 Å². The number of hydrogen-bond acceptors (Lipinski definition) is 10. The molecular weight excluding hydrogens is 607 g/mol. The molecule has 5 rings (SSSR count). The molecule has 3 aromatic carbocycles. The molecule has 0 radical (unpaired) electrons. The second-order valence-electron chi connectivity index (χ2n) is 10.0. The number of benzene rings is 3. The second kappa shape index (κ2) is 13.7. The van der Waals surface area contributed by atoms with Gasteiger partial charge in [0.1, 0.15) is 5.01 Å². The maximum Gasteiger partial charge on any atom is 0.255 e. The summed E-state index contributed by atoms with van der Waals surface area (Å²) < 4.78 is 16.3. The van der Waals surface area contributed by atoms with Gasteiger partial charge in [0.05, 0.1) is 42.5 Å². The minimum Gasteiger partial charge on any atom is -0.493 e. The molecule has 11 heteroatoms. The number of methoxy groups -OCH3 is 3. The highest BCUT2D eigenvalue weighted by Gasteiger charge is 2.17. The maximum absolute atomic E-state index is 13.2. The number of nitrogens with one attached hydrogen (secondary N) is 2. The van der Waals surface area contributed by atoms with Gasteiger partial charge in [-0.25, -0.2) is 4.98 Å².